The normalized spacial score (nSPS) is 10.4. The molecule has 0 aromatic heterocycles. The van der Waals surface area contributed by atoms with Gasteiger partial charge in [-0.25, -0.2) is 15.0 Å². The maximum atomic E-state index is 11.4. The van der Waals surface area contributed by atoms with Gasteiger partial charge in [0, 0.05) is 10.0 Å². The second-order valence-electron chi connectivity index (χ2n) is 4.08. The highest BCUT2D eigenvalue weighted by Gasteiger charge is 2.12. The zero-order chi connectivity index (χ0) is 17.2. The molecule has 0 bridgehead atoms. The van der Waals surface area contributed by atoms with Crippen LogP contribution in [0.2, 0.25) is 0 Å². The molecule has 0 unspecified atom stereocenters. The van der Waals surface area contributed by atoms with Crippen LogP contribution in [-0.2, 0) is 9.53 Å². The molecule has 23 heavy (non-hydrogen) atoms. The van der Waals surface area contributed by atoms with Crippen molar-refractivity contribution in [2.45, 2.75) is 13.8 Å². The van der Waals surface area contributed by atoms with Gasteiger partial charge in [0.05, 0.1) is 19.4 Å². The highest BCUT2D eigenvalue weighted by atomic mass is 79.9. The third kappa shape index (κ3) is 6.55. The van der Waals surface area contributed by atoms with E-state index in [1.54, 1.807) is 19.1 Å². The second kappa shape index (κ2) is 9.67. The fourth-order valence-electron chi connectivity index (χ4n) is 1.54. The molecule has 3 N–H and O–H groups in total. The molecule has 0 heterocycles. The number of ether oxygens (including phenoxy) is 3. The number of rotatable bonds is 8. The lowest BCUT2D eigenvalue weighted by atomic mass is 10.2. The summed E-state index contributed by atoms with van der Waals surface area (Å²) in [4.78, 5) is 22.0. The molecule has 0 atom stereocenters. The van der Waals surface area contributed by atoms with Crippen LogP contribution in [0.1, 0.15) is 19.4 Å². The summed E-state index contributed by atoms with van der Waals surface area (Å²) in [6, 6.07) is 2.52. The van der Waals surface area contributed by atoms with Gasteiger partial charge < -0.3 is 19.9 Å². The van der Waals surface area contributed by atoms with Gasteiger partial charge in [0.15, 0.2) is 18.1 Å². The molecule has 1 aromatic rings. The van der Waals surface area contributed by atoms with Crippen LogP contribution in [0.3, 0.4) is 0 Å². The molecule has 126 valence electrons. The summed E-state index contributed by atoms with van der Waals surface area (Å²) in [7, 11) is 0. The number of benzene rings is 1. The van der Waals surface area contributed by atoms with Crippen molar-refractivity contribution in [1.82, 2.24) is 5.43 Å². The van der Waals surface area contributed by atoms with Crippen LogP contribution in [0.4, 0.5) is 4.79 Å². The Hall–Kier alpha value is -2.29. The Morgan fingerprint density at radius 2 is 1.96 bits per heavy atom. The van der Waals surface area contributed by atoms with E-state index in [-0.39, 0.29) is 13.2 Å². The molecule has 0 saturated heterocycles. The largest absolute Gasteiger partial charge is 0.490 e. The number of hydrazone groups is 1. The first-order valence-corrected chi connectivity index (χ1v) is 7.60. The van der Waals surface area contributed by atoms with Gasteiger partial charge in [-0.1, -0.05) is 0 Å². The van der Waals surface area contributed by atoms with Gasteiger partial charge in [0.1, 0.15) is 0 Å². The minimum Gasteiger partial charge on any atom is -0.490 e. The number of hydrogen-bond donors (Lipinski definition) is 2. The molecule has 9 heteroatoms. The van der Waals surface area contributed by atoms with Gasteiger partial charge in [0.25, 0.3) is 0 Å². The Bertz CT molecular complexity index is 592. The second-order valence-corrected chi connectivity index (χ2v) is 4.94. The summed E-state index contributed by atoms with van der Waals surface area (Å²) in [6.45, 7) is 4.00. The number of nitrogens with two attached hydrogens (primary N) is 1. The molecule has 1 aromatic carbocycles. The Morgan fingerprint density at radius 1 is 1.26 bits per heavy atom. The number of carbonyl (C=O) groups is 2. The van der Waals surface area contributed by atoms with E-state index in [1.807, 2.05) is 6.92 Å². The summed E-state index contributed by atoms with van der Waals surface area (Å²) in [5, 5.41) is 3.68. The van der Waals surface area contributed by atoms with Crippen molar-refractivity contribution in [2.24, 2.45) is 10.8 Å². The fourth-order valence-corrected chi connectivity index (χ4v) is 1.96. The first-order chi connectivity index (χ1) is 11.0. The van der Waals surface area contributed by atoms with Crippen LogP contribution >= 0.6 is 15.9 Å². The summed E-state index contributed by atoms with van der Waals surface area (Å²) < 4.78 is 16.3. The Labute approximate surface area is 142 Å². The van der Waals surface area contributed by atoms with E-state index in [0.717, 1.165) is 0 Å². The van der Waals surface area contributed by atoms with Gasteiger partial charge in [-0.15, -0.1) is 0 Å². The molecule has 0 aliphatic rings. The van der Waals surface area contributed by atoms with Crippen molar-refractivity contribution < 1.29 is 23.8 Å². The van der Waals surface area contributed by atoms with Crippen LogP contribution < -0.4 is 20.6 Å². The lowest BCUT2D eigenvalue weighted by Crippen LogP contribution is -2.24. The number of esters is 1. The first kappa shape index (κ1) is 18.8. The van der Waals surface area contributed by atoms with Crippen LogP contribution in [-0.4, -0.2) is 38.0 Å². The lowest BCUT2D eigenvalue weighted by Gasteiger charge is -2.13. The van der Waals surface area contributed by atoms with Crippen molar-refractivity contribution in [2.75, 3.05) is 19.8 Å². The van der Waals surface area contributed by atoms with E-state index in [9.17, 15) is 9.59 Å². The number of amides is 2. The number of nitrogens with zero attached hydrogens (tertiary/aromatic N) is 1. The summed E-state index contributed by atoms with van der Waals surface area (Å²) >= 11 is 3.35. The lowest BCUT2D eigenvalue weighted by molar-refractivity contribution is -0.145. The van der Waals surface area contributed by atoms with E-state index in [2.05, 4.69) is 26.5 Å². The SMILES string of the molecule is CCOC(=O)COc1cc(Br)c(/C=N/NC(N)=O)cc1OCC. The molecular formula is C14H18BrN3O5. The number of urea groups is 1. The average molecular weight is 388 g/mol. The monoisotopic (exact) mass is 387 g/mol. The fraction of sp³-hybridized carbons (Fsp3) is 0.357. The van der Waals surface area contributed by atoms with Gasteiger partial charge in [-0.3, -0.25) is 0 Å². The molecular weight excluding hydrogens is 370 g/mol. The zero-order valence-corrected chi connectivity index (χ0v) is 14.4. The zero-order valence-electron chi connectivity index (χ0n) is 12.8. The molecule has 0 radical (unpaired) electrons. The quantitative estimate of drug-likeness (QED) is 0.401. The van der Waals surface area contributed by atoms with E-state index < -0.39 is 12.0 Å². The average Bonchev–Trinajstić information content (AvgIpc) is 2.48. The number of halogens is 1. The third-order valence-electron chi connectivity index (χ3n) is 2.39. The minimum atomic E-state index is -0.767. The van der Waals surface area contributed by atoms with E-state index >= 15 is 0 Å². The van der Waals surface area contributed by atoms with E-state index in [4.69, 9.17) is 19.9 Å². The van der Waals surface area contributed by atoms with E-state index in [0.29, 0.717) is 28.1 Å². The van der Waals surface area contributed by atoms with Gasteiger partial charge in [-0.2, -0.15) is 5.10 Å². The number of carbonyl (C=O) groups excluding carboxylic acids is 2. The maximum Gasteiger partial charge on any atom is 0.344 e. The molecule has 0 aliphatic heterocycles. The smallest absolute Gasteiger partial charge is 0.344 e. The summed E-state index contributed by atoms with van der Waals surface area (Å²) in [6.07, 6.45) is 1.40. The molecule has 0 saturated carbocycles. The highest BCUT2D eigenvalue weighted by molar-refractivity contribution is 9.10. The molecule has 0 aliphatic carbocycles. The number of primary amides is 1. The predicted octanol–water partition coefficient (Wildman–Crippen LogP) is 1.79. The molecule has 8 nitrogen and oxygen atoms in total. The number of nitrogens with one attached hydrogen (secondary N) is 1. The van der Waals surface area contributed by atoms with Crippen molar-refractivity contribution >= 4 is 34.1 Å². The van der Waals surface area contributed by atoms with Crippen molar-refractivity contribution in [3.05, 3.63) is 22.2 Å². The minimum absolute atomic E-state index is 0.225. The van der Waals surface area contributed by atoms with Gasteiger partial charge in [-0.05, 0) is 41.9 Å². The van der Waals surface area contributed by atoms with Crippen molar-refractivity contribution in [1.29, 1.82) is 0 Å². The first-order valence-electron chi connectivity index (χ1n) is 6.81. The molecule has 0 spiro atoms. The van der Waals surface area contributed by atoms with Gasteiger partial charge >= 0.3 is 12.0 Å². The van der Waals surface area contributed by atoms with Gasteiger partial charge in [0.2, 0.25) is 0 Å². The third-order valence-corrected chi connectivity index (χ3v) is 3.08. The standard InChI is InChI=1S/C14H18BrN3O5/c1-3-21-11-5-9(7-17-18-14(16)20)10(15)6-12(11)23-8-13(19)22-4-2/h5-7H,3-4,8H2,1-2H3,(H3,16,18,20)/b17-7+. The number of hydrogen-bond acceptors (Lipinski definition) is 6. The van der Waals surface area contributed by atoms with Crippen LogP contribution in [0.15, 0.2) is 21.7 Å². The summed E-state index contributed by atoms with van der Waals surface area (Å²) in [5.41, 5.74) is 7.65. The molecule has 0 fully saturated rings. The summed E-state index contributed by atoms with van der Waals surface area (Å²) in [5.74, 6) is 0.342. The Morgan fingerprint density at radius 3 is 2.57 bits per heavy atom. The molecule has 2 amide bonds. The van der Waals surface area contributed by atoms with Crippen molar-refractivity contribution in [3.63, 3.8) is 0 Å². The Balaban J connectivity index is 2.93. The van der Waals surface area contributed by atoms with E-state index in [1.165, 1.54) is 6.21 Å². The van der Waals surface area contributed by atoms with Crippen molar-refractivity contribution in [3.8, 4) is 11.5 Å². The Kier molecular flexibility index (Phi) is 7.89. The van der Waals surface area contributed by atoms with Crippen LogP contribution in [0, 0.1) is 0 Å². The van der Waals surface area contributed by atoms with Crippen LogP contribution in [0.5, 0.6) is 11.5 Å². The maximum absolute atomic E-state index is 11.4. The predicted molar refractivity (Wildman–Crippen MR) is 87.8 cm³/mol. The van der Waals surface area contributed by atoms with Crippen LogP contribution in [0.25, 0.3) is 0 Å². The highest BCUT2D eigenvalue weighted by Crippen LogP contribution is 2.33. The topological polar surface area (TPSA) is 112 Å². The molecule has 1 rings (SSSR count).